The minimum Gasteiger partial charge on any atom is -0.490 e. The van der Waals surface area contributed by atoms with Crippen LogP contribution < -0.4 is 20.1 Å². The SMILES string of the molecule is C#CCOc1c(Br)cc([C@@H]2[C@H](C)N[C@]3(C(=O)Nc4ccccc43)[C@@H]2[N+](=O)[O-])cc1OCC. The first-order valence-electron chi connectivity index (χ1n) is 10.2. The Balaban J connectivity index is 1.85. The van der Waals surface area contributed by atoms with Crippen molar-refractivity contribution in [1.82, 2.24) is 5.32 Å². The molecule has 2 aliphatic heterocycles. The van der Waals surface area contributed by atoms with E-state index in [9.17, 15) is 14.9 Å². The number of fused-ring (bicyclic) bond motifs is 2. The lowest BCUT2D eigenvalue weighted by Crippen LogP contribution is -2.54. The first kappa shape index (κ1) is 22.1. The quantitative estimate of drug-likeness (QED) is 0.358. The highest BCUT2D eigenvalue weighted by Crippen LogP contribution is 2.51. The number of halogens is 1. The molecule has 166 valence electrons. The molecule has 0 saturated carbocycles. The van der Waals surface area contributed by atoms with Crippen molar-refractivity contribution < 1.29 is 19.2 Å². The third-order valence-electron chi connectivity index (χ3n) is 5.98. The van der Waals surface area contributed by atoms with E-state index < -0.39 is 23.4 Å². The fourth-order valence-electron chi connectivity index (χ4n) is 4.85. The number of nitrogens with zero attached hydrogens (tertiary/aromatic N) is 1. The molecule has 0 aromatic heterocycles. The molecule has 0 radical (unpaired) electrons. The third-order valence-corrected chi connectivity index (χ3v) is 6.57. The topological polar surface area (TPSA) is 103 Å². The molecule has 0 aliphatic carbocycles. The van der Waals surface area contributed by atoms with Crippen LogP contribution in [0.25, 0.3) is 0 Å². The molecule has 0 bridgehead atoms. The zero-order valence-corrected chi connectivity index (χ0v) is 19.1. The molecule has 1 spiro atoms. The van der Waals surface area contributed by atoms with E-state index in [1.807, 2.05) is 13.8 Å². The molecule has 4 rings (SSSR count). The van der Waals surface area contributed by atoms with Gasteiger partial charge in [0.15, 0.2) is 17.0 Å². The average Bonchev–Trinajstić information content (AvgIpc) is 3.22. The van der Waals surface area contributed by atoms with Gasteiger partial charge in [0.25, 0.3) is 11.9 Å². The number of benzene rings is 2. The second-order valence-corrected chi connectivity index (χ2v) is 8.61. The number of hydrogen-bond donors (Lipinski definition) is 2. The maximum Gasteiger partial charge on any atom is 0.256 e. The molecule has 2 heterocycles. The molecule has 1 saturated heterocycles. The Morgan fingerprint density at radius 3 is 2.75 bits per heavy atom. The largest absolute Gasteiger partial charge is 0.490 e. The monoisotopic (exact) mass is 499 g/mol. The molecular weight excluding hydrogens is 478 g/mol. The van der Waals surface area contributed by atoms with Crippen molar-refractivity contribution in [1.29, 1.82) is 0 Å². The van der Waals surface area contributed by atoms with Gasteiger partial charge in [-0.1, -0.05) is 24.1 Å². The highest BCUT2D eigenvalue weighted by molar-refractivity contribution is 9.10. The van der Waals surface area contributed by atoms with Crippen molar-refractivity contribution >= 4 is 27.5 Å². The molecule has 8 nitrogen and oxygen atoms in total. The molecule has 2 aromatic carbocycles. The fraction of sp³-hybridized carbons (Fsp3) is 0.348. The van der Waals surface area contributed by atoms with E-state index in [2.05, 4.69) is 32.5 Å². The van der Waals surface area contributed by atoms with Crippen molar-refractivity contribution in [2.24, 2.45) is 0 Å². The number of nitrogens with one attached hydrogen (secondary N) is 2. The summed E-state index contributed by atoms with van der Waals surface area (Å²) in [5.74, 6) is 2.24. The van der Waals surface area contributed by atoms with E-state index >= 15 is 0 Å². The minimum absolute atomic E-state index is 0.0526. The summed E-state index contributed by atoms with van der Waals surface area (Å²) in [5, 5.41) is 18.5. The number of ether oxygens (including phenoxy) is 2. The van der Waals surface area contributed by atoms with Gasteiger partial charge in [0.2, 0.25) is 0 Å². The fourth-order valence-corrected chi connectivity index (χ4v) is 5.42. The third kappa shape index (κ3) is 3.31. The van der Waals surface area contributed by atoms with Crippen molar-refractivity contribution in [3.63, 3.8) is 0 Å². The van der Waals surface area contributed by atoms with Crippen LogP contribution in [0.1, 0.15) is 30.9 Å². The lowest BCUT2D eigenvalue weighted by Gasteiger charge is -2.25. The van der Waals surface area contributed by atoms with E-state index in [1.165, 1.54) is 0 Å². The van der Waals surface area contributed by atoms with Crippen LogP contribution in [0.3, 0.4) is 0 Å². The van der Waals surface area contributed by atoms with Crippen LogP contribution in [0.15, 0.2) is 40.9 Å². The second kappa shape index (κ2) is 8.45. The Labute approximate surface area is 193 Å². The first-order valence-corrected chi connectivity index (χ1v) is 11.0. The highest BCUT2D eigenvalue weighted by Gasteiger charge is 2.67. The number of nitro groups is 1. The van der Waals surface area contributed by atoms with E-state index in [4.69, 9.17) is 15.9 Å². The van der Waals surface area contributed by atoms with Crippen LogP contribution in [0.2, 0.25) is 0 Å². The number of amides is 1. The molecule has 9 heteroatoms. The van der Waals surface area contributed by atoms with Gasteiger partial charge in [-0.25, -0.2) is 0 Å². The summed E-state index contributed by atoms with van der Waals surface area (Å²) >= 11 is 3.49. The Morgan fingerprint density at radius 2 is 2.06 bits per heavy atom. The van der Waals surface area contributed by atoms with Gasteiger partial charge < -0.3 is 14.8 Å². The standard InChI is InChI=1S/C23H22BrN3O5/c1-4-10-32-20-16(24)11-14(12-18(20)31-5-2)19-13(3)26-23(21(19)27(29)30)15-8-6-7-9-17(15)25-22(23)28/h1,6-9,11-13,19,21,26H,5,10H2,2-3H3,(H,25,28)/t13-,19-,21+,23-/m0/s1. The Bertz CT molecular complexity index is 1130. The zero-order valence-electron chi connectivity index (χ0n) is 17.6. The Hall–Kier alpha value is -3.09. The van der Waals surface area contributed by atoms with E-state index in [0.29, 0.717) is 39.4 Å². The number of anilines is 1. The number of hydrogen-bond acceptors (Lipinski definition) is 6. The van der Waals surface area contributed by atoms with Crippen molar-refractivity contribution in [2.75, 3.05) is 18.5 Å². The van der Waals surface area contributed by atoms with Gasteiger partial charge in [0.05, 0.1) is 17.0 Å². The van der Waals surface area contributed by atoms with E-state index in [1.54, 1.807) is 36.4 Å². The molecule has 2 aliphatic rings. The first-order chi connectivity index (χ1) is 15.3. The zero-order chi connectivity index (χ0) is 23.0. The number of terminal acetylenes is 1. The lowest BCUT2D eigenvalue weighted by atomic mass is 9.78. The predicted octanol–water partition coefficient (Wildman–Crippen LogP) is 3.43. The van der Waals surface area contributed by atoms with Crippen molar-refractivity contribution in [3.8, 4) is 23.8 Å². The van der Waals surface area contributed by atoms with Crippen LogP contribution in [0.4, 0.5) is 5.69 Å². The van der Waals surface area contributed by atoms with E-state index in [-0.39, 0.29) is 17.6 Å². The molecule has 2 N–H and O–H groups in total. The highest BCUT2D eigenvalue weighted by atomic mass is 79.9. The van der Waals surface area contributed by atoms with Crippen LogP contribution >= 0.6 is 15.9 Å². The summed E-state index contributed by atoms with van der Waals surface area (Å²) in [6, 6.07) is 8.96. The molecule has 0 unspecified atom stereocenters. The van der Waals surface area contributed by atoms with Gasteiger partial charge in [0.1, 0.15) is 6.61 Å². The summed E-state index contributed by atoms with van der Waals surface area (Å²) in [6.07, 6.45) is 5.32. The summed E-state index contributed by atoms with van der Waals surface area (Å²) < 4.78 is 11.9. The summed E-state index contributed by atoms with van der Waals surface area (Å²) in [7, 11) is 0. The Kier molecular flexibility index (Phi) is 5.84. The molecule has 1 fully saturated rings. The van der Waals surface area contributed by atoms with Crippen LogP contribution in [0.5, 0.6) is 11.5 Å². The van der Waals surface area contributed by atoms with E-state index in [0.717, 1.165) is 0 Å². The van der Waals surface area contributed by atoms with Crippen LogP contribution in [0, 0.1) is 22.5 Å². The number of rotatable bonds is 6. The number of carbonyl (C=O) groups is 1. The summed E-state index contributed by atoms with van der Waals surface area (Å²) in [6.45, 7) is 4.11. The maximum atomic E-state index is 13.2. The van der Waals surface area contributed by atoms with Crippen LogP contribution in [-0.4, -0.2) is 36.1 Å². The average molecular weight is 500 g/mol. The molecule has 1 amide bonds. The summed E-state index contributed by atoms with van der Waals surface area (Å²) in [5.41, 5.74) is 0.350. The number of para-hydroxylation sites is 1. The van der Waals surface area contributed by atoms with Crippen LogP contribution in [-0.2, 0) is 10.3 Å². The minimum atomic E-state index is -1.47. The maximum absolute atomic E-state index is 13.2. The smallest absolute Gasteiger partial charge is 0.256 e. The predicted molar refractivity (Wildman–Crippen MR) is 123 cm³/mol. The molecule has 2 aromatic rings. The molecule has 4 atom stereocenters. The van der Waals surface area contributed by atoms with Gasteiger partial charge in [-0.05, 0) is 53.5 Å². The normalized spacial score (nSPS) is 25.8. The van der Waals surface area contributed by atoms with Gasteiger partial charge in [-0.3, -0.25) is 20.2 Å². The Morgan fingerprint density at radius 1 is 1.31 bits per heavy atom. The summed E-state index contributed by atoms with van der Waals surface area (Å²) in [4.78, 5) is 25.2. The van der Waals surface area contributed by atoms with Gasteiger partial charge in [0, 0.05) is 22.2 Å². The number of carbonyl (C=O) groups excluding carboxylic acids is 1. The van der Waals surface area contributed by atoms with Gasteiger partial charge >= 0.3 is 0 Å². The molecule has 32 heavy (non-hydrogen) atoms. The molecular formula is C23H22BrN3O5. The van der Waals surface area contributed by atoms with Gasteiger partial charge in [-0.2, -0.15) is 0 Å². The van der Waals surface area contributed by atoms with Crippen molar-refractivity contribution in [2.45, 2.75) is 37.4 Å². The van der Waals surface area contributed by atoms with Crippen molar-refractivity contribution in [3.05, 3.63) is 62.1 Å². The lowest BCUT2D eigenvalue weighted by molar-refractivity contribution is -0.532. The van der Waals surface area contributed by atoms with Gasteiger partial charge in [-0.15, -0.1) is 6.42 Å². The second-order valence-electron chi connectivity index (χ2n) is 7.75.